The van der Waals surface area contributed by atoms with Gasteiger partial charge < -0.3 is 5.11 Å². The van der Waals surface area contributed by atoms with Gasteiger partial charge in [0.05, 0.1) is 0 Å². The van der Waals surface area contributed by atoms with Gasteiger partial charge in [-0.2, -0.15) is 0 Å². The molecule has 0 unspecified atom stereocenters. The Morgan fingerprint density at radius 2 is 1.39 bits per heavy atom. The minimum atomic E-state index is -4.94. The zero-order chi connectivity index (χ0) is 13.9. The van der Waals surface area contributed by atoms with Crippen LogP contribution in [0.1, 0.15) is 9.75 Å². The molecule has 0 bridgehead atoms. The van der Waals surface area contributed by atoms with Crippen molar-refractivity contribution in [3.63, 3.8) is 0 Å². The van der Waals surface area contributed by atoms with Crippen LogP contribution in [0.25, 0.3) is 10.8 Å². The highest BCUT2D eigenvalue weighted by molar-refractivity contribution is 7.12. The third-order valence-corrected chi connectivity index (χ3v) is 3.23. The Hall–Kier alpha value is -1.02. The van der Waals surface area contributed by atoms with Gasteiger partial charge in [-0.05, 0) is 6.07 Å². The second-order valence-electron chi connectivity index (χ2n) is 3.49. The van der Waals surface area contributed by atoms with Crippen LogP contribution in [0.2, 0.25) is 0 Å². The fraction of sp³-hybridized carbons (Fsp3) is 0.182. The summed E-state index contributed by atoms with van der Waals surface area (Å²) in [6.45, 7) is 4.03. The molecule has 0 aliphatic carbocycles. The molecule has 2 aromatic rings. The first-order valence-electron chi connectivity index (χ1n) is 4.83. The maximum absolute atomic E-state index is 9.79. The Kier molecular flexibility index (Phi) is 4.80. The third kappa shape index (κ3) is 4.34. The van der Waals surface area contributed by atoms with Crippen molar-refractivity contribution in [3.8, 4) is 5.75 Å². The van der Waals surface area contributed by atoms with Crippen molar-refractivity contribution in [1.82, 2.24) is 0 Å². The molecule has 0 aliphatic rings. The Bertz CT molecular complexity index is 547. The first-order valence-corrected chi connectivity index (χ1v) is 6.88. The van der Waals surface area contributed by atoms with Gasteiger partial charge in [-0.3, -0.25) is 0 Å². The summed E-state index contributed by atoms with van der Waals surface area (Å²) < 4.78 is 34.0. The van der Waals surface area contributed by atoms with Gasteiger partial charge >= 0.3 is 0 Å². The third-order valence-electron chi connectivity index (χ3n) is 2.20. The van der Waals surface area contributed by atoms with Crippen molar-refractivity contribution in [2.45, 2.75) is 13.8 Å². The molecule has 98 valence electrons. The lowest BCUT2D eigenvalue weighted by Crippen LogP contribution is -2.68. The molecule has 18 heavy (non-hydrogen) atoms. The summed E-state index contributed by atoms with van der Waals surface area (Å²) in [5.41, 5.74) is 0. The molecular weight excluding hydrogens is 280 g/mol. The van der Waals surface area contributed by atoms with Crippen molar-refractivity contribution in [2.75, 3.05) is 0 Å². The Morgan fingerprint density at radius 3 is 1.89 bits per heavy atom. The zero-order valence-electron chi connectivity index (χ0n) is 9.68. The molecule has 0 fully saturated rings. The summed E-state index contributed by atoms with van der Waals surface area (Å²) in [4.78, 5) is 2.24. The fourth-order valence-electron chi connectivity index (χ4n) is 1.52. The SMILES string of the molecule is Cc1[s+]c(C)c2ccccc2c1O.[O-][Cl+3]([O-])([O-])[O-]. The molecule has 2 rings (SSSR count). The normalized spacial score (nSPS) is 11.0. The number of halogens is 1. The van der Waals surface area contributed by atoms with E-state index in [-0.39, 0.29) is 0 Å². The molecule has 1 N–H and O–H groups in total. The minimum absolute atomic E-state index is 0.422. The van der Waals surface area contributed by atoms with Crippen LogP contribution in [0.3, 0.4) is 0 Å². The lowest BCUT2D eigenvalue weighted by molar-refractivity contribution is -2.00. The second-order valence-corrected chi connectivity index (χ2v) is 5.67. The standard InChI is InChI=1S/C11H10OS.ClHO4/c1-7-9-5-3-4-6-10(9)11(12)8(2)13-7;2-1(3,4)5/h3-6H,1-2H3;(H,2,3,4,5). The average Bonchev–Trinajstić information content (AvgIpc) is 2.24. The Labute approximate surface area is 110 Å². The molecule has 1 aromatic heterocycles. The Balaban J connectivity index is 0.000000280. The highest BCUT2D eigenvalue weighted by atomic mass is 35.7. The van der Waals surface area contributed by atoms with E-state index < -0.39 is 10.2 Å². The molecule has 0 saturated heterocycles. The van der Waals surface area contributed by atoms with Crippen LogP contribution in [0.5, 0.6) is 5.75 Å². The quantitative estimate of drug-likeness (QED) is 0.609. The van der Waals surface area contributed by atoms with Crippen molar-refractivity contribution < 1.29 is 34.0 Å². The lowest BCUT2D eigenvalue weighted by atomic mass is 10.1. The summed E-state index contributed by atoms with van der Waals surface area (Å²) >= 11 is 1.64. The van der Waals surface area contributed by atoms with Gasteiger partial charge in [-0.1, -0.05) is 18.2 Å². The van der Waals surface area contributed by atoms with E-state index in [0.29, 0.717) is 5.75 Å². The van der Waals surface area contributed by atoms with E-state index in [1.54, 1.807) is 11.3 Å². The highest BCUT2D eigenvalue weighted by Crippen LogP contribution is 2.34. The maximum Gasteiger partial charge on any atom is 0.247 e. The number of hydrogen-bond donors (Lipinski definition) is 1. The number of aromatic hydroxyl groups is 1. The van der Waals surface area contributed by atoms with Gasteiger partial charge in [0.2, 0.25) is 21.1 Å². The number of fused-ring (bicyclic) bond motifs is 1. The van der Waals surface area contributed by atoms with Crippen molar-refractivity contribution in [1.29, 1.82) is 0 Å². The van der Waals surface area contributed by atoms with Crippen LogP contribution in [0, 0.1) is 24.1 Å². The molecular formula is C11H11ClO5S. The van der Waals surface area contributed by atoms with Crippen LogP contribution in [-0.2, 0) is 0 Å². The van der Waals surface area contributed by atoms with Gasteiger partial charge in [0, 0.05) is 24.6 Å². The summed E-state index contributed by atoms with van der Waals surface area (Å²) in [5.74, 6) is 0.422. The van der Waals surface area contributed by atoms with Gasteiger partial charge in [0.25, 0.3) is 0 Å². The summed E-state index contributed by atoms with van der Waals surface area (Å²) in [7, 11) is -4.94. The van der Waals surface area contributed by atoms with Crippen LogP contribution in [-0.4, -0.2) is 5.11 Å². The predicted octanol–water partition coefficient (Wildman–Crippen LogP) is -1.25. The van der Waals surface area contributed by atoms with Crippen LogP contribution in [0.15, 0.2) is 24.3 Å². The minimum Gasteiger partial charge on any atom is -0.503 e. The molecule has 0 aliphatic heterocycles. The summed E-state index contributed by atoms with van der Waals surface area (Å²) in [5, 5.41) is 11.9. The van der Waals surface area contributed by atoms with E-state index in [1.807, 2.05) is 31.2 Å². The van der Waals surface area contributed by atoms with E-state index >= 15 is 0 Å². The monoisotopic (exact) mass is 290 g/mol. The van der Waals surface area contributed by atoms with Crippen molar-refractivity contribution in [2.24, 2.45) is 0 Å². The highest BCUT2D eigenvalue weighted by Gasteiger charge is 2.16. The van der Waals surface area contributed by atoms with E-state index in [9.17, 15) is 5.11 Å². The molecule has 0 radical (unpaired) electrons. The van der Waals surface area contributed by atoms with Gasteiger partial charge in [-0.15, -0.1) is 10.2 Å². The first kappa shape index (κ1) is 15.0. The molecule has 1 aromatic carbocycles. The van der Waals surface area contributed by atoms with E-state index in [4.69, 9.17) is 18.6 Å². The van der Waals surface area contributed by atoms with E-state index in [0.717, 1.165) is 15.6 Å². The predicted molar refractivity (Wildman–Crippen MR) is 57.4 cm³/mol. The van der Waals surface area contributed by atoms with Gasteiger partial charge in [0.1, 0.15) is 0 Å². The molecule has 1 heterocycles. The molecule has 0 atom stereocenters. The first-order chi connectivity index (χ1) is 8.20. The van der Waals surface area contributed by atoms with E-state index in [2.05, 4.69) is 6.92 Å². The summed E-state index contributed by atoms with van der Waals surface area (Å²) in [6.07, 6.45) is 0. The average molecular weight is 291 g/mol. The van der Waals surface area contributed by atoms with Gasteiger partial charge in [-0.25, -0.2) is 18.6 Å². The number of benzene rings is 1. The number of rotatable bonds is 0. The smallest absolute Gasteiger partial charge is 0.247 e. The van der Waals surface area contributed by atoms with Crippen LogP contribution < -0.4 is 18.6 Å². The number of aryl methyl sites for hydroxylation is 2. The molecule has 0 saturated carbocycles. The summed E-state index contributed by atoms with van der Waals surface area (Å²) in [6, 6.07) is 7.94. The largest absolute Gasteiger partial charge is 0.503 e. The topological polar surface area (TPSA) is 112 Å². The zero-order valence-corrected chi connectivity index (χ0v) is 11.2. The molecule has 0 spiro atoms. The molecule has 0 amide bonds. The molecule has 5 nitrogen and oxygen atoms in total. The second kappa shape index (κ2) is 5.75. The lowest BCUT2D eigenvalue weighted by Gasteiger charge is -2.17. The molecule has 7 heteroatoms. The van der Waals surface area contributed by atoms with Crippen molar-refractivity contribution >= 4 is 22.1 Å². The number of hydrogen-bond acceptors (Lipinski definition) is 5. The van der Waals surface area contributed by atoms with Crippen LogP contribution >= 0.6 is 11.3 Å². The van der Waals surface area contributed by atoms with E-state index in [1.165, 1.54) is 4.88 Å². The Morgan fingerprint density at radius 1 is 0.944 bits per heavy atom. The van der Waals surface area contributed by atoms with Crippen molar-refractivity contribution in [3.05, 3.63) is 34.0 Å². The van der Waals surface area contributed by atoms with Crippen LogP contribution in [0.4, 0.5) is 0 Å². The maximum atomic E-state index is 9.79. The fourth-order valence-corrected chi connectivity index (χ4v) is 2.47. The van der Waals surface area contributed by atoms with Gasteiger partial charge in [0.15, 0.2) is 5.75 Å².